The summed E-state index contributed by atoms with van der Waals surface area (Å²) < 4.78 is 66.9. The molecule has 0 aromatic carbocycles. The molecule has 182 valence electrons. The summed E-state index contributed by atoms with van der Waals surface area (Å²) in [6, 6.07) is 3.36. The number of ether oxygens (including phenoxy) is 2. The highest BCUT2D eigenvalue weighted by molar-refractivity contribution is 6.04. The van der Waals surface area contributed by atoms with Crippen LogP contribution in [0.3, 0.4) is 0 Å². The Balaban J connectivity index is 0.000000868. The lowest BCUT2D eigenvalue weighted by atomic mass is 10.0. The zero-order chi connectivity index (χ0) is 24.4. The van der Waals surface area contributed by atoms with Gasteiger partial charge in [0, 0.05) is 50.0 Å². The Morgan fingerprint density at radius 1 is 1.24 bits per heavy atom. The first-order chi connectivity index (χ1) is 16.3. The van der Waals surface area contributed by atoms with E-state index in [1.165, 1.54) is 21.8 Å². The summed E-state index contributed by atoms with van der Waals surface area (Å²) in [6.45, 7) is -0.401. The number of nitrogens with zero attached hydrogens (tertiary/aromatic N) is 5. The molecule has 0 spiro atoms. The van der Waals surface area contributed by atoms with Crippen LogP contribution in [0.4, 0.5) is 17.6 Å². The van der Waals surface area contributed by atoms with E-state index < -0.39 is 18.7 Å². The lowest BCUT2D eigenvalue weighted by Crippen LogP contribution is -2.15. The van der Waals surface area contributed by atoms with E-state index in [-0.39, 0.29) is 35.2 Å². The highest BCUT2D eigenvalue weighted by Gasteiger charge is 2.33. The molecule has 0 bridgehead atoms. The van der Waals surface area contributed by atoms with Gasteiger partial charge in [-0.25, -0.2) is 18.4 Å². The maximum absolute atomic E-state index is 13.9. The number of aromatic amines is 1. The van der Waals surface area contributed by atoms with Gasteiger partial charge in [-0.1, -0.05) is 0 Å². The van der Waals surface area contributed by atoms with Gasteiger partial charge >= 0.3 is 6.61 Å². The van der Waals surface area contributed by atoms with Gasteiger partial charge < -0.3 is 19.6 Å². The highest BCUT2D eigenvalue weighted by Crippen LogP contribution is 2.47. The number of aliphatic hydroxyl groups is 1. The Hall–Kier alpha value is -3.61. The number of hydrogen-bond donors (Lipinski definition) is 2. The fourth-order valence-electron chi connectivity index (χ4n) is 3.83. The van der Waals surface area contributed by atoms with Crippen molar-refractivity contribution in [2.24, 2.45) is 7.05 Å². The van der Waals surface area contributed by atoms with Crippen LogP contribution in [0, 0.1) is 0 Å². The summed E-state index contributed by atoms with van der Waals surface area (Å²) >= 11 is 0. The van der Waals surface area contributed by atoms with Crippen LogP contribution in [0.15, 0.2) is 24.5 Å². The quantitative estimate of drug-likeness (QED) is 0.415. The molecule has 0 unspecified atom stereocenters. The van der Waals surface area contributed by atoms with Crippen LogP contribution < -0.4 is 9.47 Å². The molecule has 4 aromatic rings. The van der Waals surface area contributed by atoms with E-state index >= 15 is 0 Å². The second-order valence-electron chi connectivity index (χ2n) is 7.28. The summed E-state index contributed by atoms with van der Waals surface area (Å²) in [5.41, 5.74) is 0.751. The number of rotatable bonds is 5. The number of halogens is 4. The van der Waals surface area contributed by atoms with Gasteiger partial charge in [0.15, 0.2) is 0 Å². The largest absolute Gasteiger partial charge is 0.477 e. The Kier molecular flexibility index (Phi) is 6.72. The zero-order valence-corrected chi connectivity index (χ0v) is 18.3. The molecule has 9 nitrogen and oxygen atoms in total. The molecule has 0 fully saturated rings. The molecule has 0 aliphatic carbocycles. The van der Waals surface area contributed by atoms with Gasteiger partial charge in [-0.3, -0.25) is 4.68 Å². The van der Waals surface area contributed by atoms with Crippen LogP contribution in [0.25, 0.3) is 33.4 Å². The van der Waals surface area contributed by atoms with Crippen LogP contribution in [0.5, 0.6) is 11.8 Å². The first-order valence-electron chi connectivity index (χ1n) is 10.4. The first kappa shape index (κ1) is 23.5. The average molecular weight is 482 g/mol. The van der Waals surface area contributed by atoms with E-state index in [1.807, 2.05) is 0 Å². The van der Waals surface area contributed by atoms with E-state index in [9.17, 15) is 17.6 Å². The number of fused-ring (bicyclic) bond motifs is 2. The Labute approximate surface area is 190 Å². The number of pyridine rings is 1. The number of aliphatic hydroxyl groups excluding tert-OH is 1. The van der Waals surface area contributed by atoms with Crippen molar-refractivity contribution >= 4 is 11.0 Å². The first-order valence-corrected chi connectivity index (χ1v) is 10.4. The van der Waals surface area contributed by atoms with Crippen LogP contribution in [-0.2, 0) is 13.6 Å². The second kappa shape index (κ2) is 9.71. The molecule has 1 aliphatic heterocycles. The van der Waals surface area contributed by atoms with E-state index in [0.29, 0.717) is 36.2 Å². The van der Waals surface area contributed by atoms with E-state index in [0.717, 1.165) is 0 Å². The second-order valence-corrected chi connectivity index (χ2v) is 7.28. The molecule has 0 radical (unpaired) electrons. The number of aryl methyl sites for hydroxylation is 2. The predicted molar refractivity (Wildman–Crippen MR) is 114 cm³/mol. The fourth-order valence-corrected chi connectivity index (χ4v) is 3.83. The number of aromatic nitrogens is 6. The summed E-state index contributed by atoms with van der Waals surface area (Å²) in [7, 11) is 1.55. The monoisotopic (exact) mass is 482 g/mol. The fraction of sp³-hybridized carbons (Fsp3) is 0.381. The lowest BCUT2D eigenvalue weighted by Gasteiger charge is -2.16. The van der Waals surface area contributed by atoms with Gasteiger partial charge in [0.05, 0.1) is 23.4 Å². The lowest BCUT2D eigenvalue weighted by molar-refractivity contribution is -0.0527. The van der Waals surface area contributed by atoms with Crippen molar-refractivity contribution in [3.05, 3.63) is 30.2 Å². The van der Waals surface area contributed by atoms with Crippen molar-refractivity contribution in [1.29, 1.82) is 0 Å². The molecule has 0 saturated carbocycles. The van der Waals surface area contributed by atoms with E-state index in [2.05, 4.69) is 24.9 Å². The smallest absolute Gasteiger partial charge is 0.388 e. The molecule has 1 aliphatic rings. The molecule has 4 aromatic heterocycles. The van der Waals surface area contributed by atoms with Crippen molar-refractivity contribution in [1.82, 2.24) is 29.5 Å². The molecule has 5 heterocycles. The van der Waals surface area contributed by atoms with Gasteiger partial charge in [0.2, 0.25) is 11.8 Å². The molecular weight excluding hydrogens is 460 g/mol. The molecule has 34 heavy (non-hydrogen) atoms. The maximum Gasteiger partial charge on any atom is 0.388 e. The minimum atomic E-state index is -3.11. The van der Waals surface area contributed by atoms with Gasteiger partial charge in [0.1, 0.15) is 11.3 Å². The summed E-state index contributed by atoms with van der Waals surface area (Å²) in [6.07, 6.45) is 0.766. The van der Waals surface area contributed by atoms with Crippen LogP contribution >= 0.6 is 0 Å². The third-order valence-corrected chi connectivity index (χ3v) is 4.98. The van der Waals surface area contributed by atoms with Crippen molar-refractivity contribution < 1.29 is 32.1 Å². The molecular formula is C21H22F4N6O3. The van der Waals surface area contributed by atoms with E-state index in [1.54, 1.807) is 26.1 Å². The normalized spacial score (nSPS) is 13.1. The Morgan fingerprint density at radius 3 is 2.71 bits per heavy atom. The molecule has 0 saturated heterocycles. The zero-order valence-electron chi connectivity index (χ0n) is 18.3. The summed E-state index contributed by atoms with van der Waals surface area (Å²) in [5, 5.41) is 16.1. The third kappa shape index (κ3) is 4.30. The summed E-state index contributed by atoms with van der Waals surface area (Å²) in [5.74, 6) is -0.140. The maximum atomic E-state index is 13.9. The molecule has 0 amide bonds. The van der Waals surface area contributed by atoms with Crippen molar-refractivity contribution in [3.63, 3.8) is 0 Å². The Morgan fingerprint density at radius 2 is 2.00 bits per heavy atom. The minimum absolute atomic E-state index is 0.0644. The van der Waals surface area contributed by atoms with Crippen molar-refractivity contribution in [2.45, 2.75) is 32.9 Å². The summed E-state index contributed by atoms with van der Waals surface area (Å²) in [4.78, 5) is 7.30. The van der Waals surface area contributed by atoms with Crippen LogP contribution in [0.1, 0.15) is 25.5 Å². The highest BCUT2D eigenvalue weighted by atomic mass is 19.3. The third-order valence-electron chi connectivity index (χ3n) is 4.98. The molecule has 2 N–H and O–H groups in total. The molecule has 5 rings (SSSR count). The standard InChI is InChI=1S/C19H16F4N6O2.C2H6O/c1-28-8-10(17(27-28)31-19(22)23)11-9-4-2-5-24-16(9)25-13(11)12-14(15(20)21)26-29-6-3-7-30-18(12)29;1-2-3/h2,4-5,8,15,19H,3,6-7H2,1H3,(H,24,25);3H,2H2,1H3. The molecule has 0 atom stereocenters. The van der Waals surface area contributed by atoms with Crippen molar-refractivity contribution in [3.8, 4) is 34.1 Å². The van der Waals surface area contributed by atoms with E-state index in [4.69, 9.17) is 9.84 Å². The van der Waals surface area contributed by atoms with Crippen molar-refractivity contribution in [2.75, 3.05) is 13.2 Å². The van der Waals surface area contributed by atoms with Gasteiger partial charge in [-0.05, 0) is 19.1 Å². The van der Waals surface area contributed by atoms with Gasteiger partial charge in [0.25, 0.3) is 6.43 Å². The van der Waals surface area contributed by atoms with Crippen LogP contribution in [0.2, 0.25) is 0 Å². The Bertz CT molecular complexity index is 1280. The van der Waals surface area contributed by atoms with Gasteiger partial charge in [-0.2, -0.15) is 13.9 Å². The number of H-pyrrole nitrogens is 1. The van der Waals surface area contributed by atoms with Gasteiger partial charge in [-0.15, -0.1) is 5.10 Å². The predicted octanol–water partition coefficient (Wildman–Crippen LogP) is 4.15. The topological polar surface area (TPSA) is 103 Å². The van der Waals surface area contributed by atoms with Crippen LogP contribution in [-0.4, -0.2) is 54.5 Å². The number of hydrogen-bond acceptors (Lipinski definition) is 6. The average Bonchev–Trinajstić information content (AvgIpc) is 3.46. The SMILES string of the molecule is CCO.Cn1cc(-c2c(-c3c(C(F)F)nn4c3OCCC4)[nH]c3ncccc23)c(OC(F)F)n1. The molecule has 13 heteroatoms. The number of alkyl halides is 4. The minimum Gasteiger partial charge on any atom is -0.477 e. The number of nitrogens with one attached hydrogen (secondary N) is 1.